The van der Waals surface area contributed by atoms with Crippen LogP contribution in [0.4, 0.5) is 0 Å². The predicted molar refractivity (Wildman–Crippen MR) is 96.8 cm³/mol. The highest BCUT2D eigenvalue weighted by molar-refractivity contribution is 5.92. The van der Waals surface area contributed by atoms with Gasteiger partial charge in [-0.05, 0) is 31.2 Å². The molecule has 0 amide bonds. The summed E-state index contributed by atoms with van der Waals surface area (Å²) in [5, 5.41) is 0. The Morgan fingerprint density at radius 3 is 1.50 bits per heavy atom. The molecule has 2 aromatic rings. The highest BCUT2D eigenvalue weighted by Crippen LogP contribution is 2.23. The summed E-state index contributed by atoms with van der Waals surface area (Å²) < 4.78 is 10.2. The van der Waals surface area contributed by atoms with Gasteiger partial charge >= 0.3 is 18.2 Å². The van der Waals surface area contributed by atoms with Crippen LogP contribution >= 0.6 is 0 Å². The molecule has 1 atom stereocenters. The molecule has 0 aliphatic carbocycles. The van der Waals surface area contributed by atoms with Gasteiger partial charge in [-0.15, -0.1) is 9.78 Å². The van der Waals surface area contributed by atoms with Crippen molar-refractivity contribution in [3.05, 3.63) is 72.9 Å². The second-order valence-electron chi connectivity index (χ2n) is 5.53. The first-order valence-electron chi connectivity index (χ1n) is 8.21. The first-order chi connectivity index (χ1) is 13.5. The molecule has 1 unspecified atom stereocenters. The number of para-hydroxylation sites is 2. The van der Waals surface area contributed by atoms with Gasteiger partial charge in [0.25, 0.3) is 0 Å². The van der Waals surface area contributed by atoms with Gasteiger partial charge in [0.05, 0.1) is 14.2 Å². The largest absolute Gasteiger partial charge is 0.496 e. The maximum atomic E-state index is 12.2. The van der Waals surface area contributed by atoms with Crippen molar-refractivity contribution in [1.29, 1.82) is 0 Å². The molecule has 0 aliphatic heterocycles. The van der Waals surface area contributed by atoms with Crippen molar-refractivity contribution in [2.45, 2.75) is 6.92 Å². The Bertz CT molecular complexity index is 739. The SMILES string of the molecule is [CH2]C(C)[C](OOC(=O)c1ccccc1OC)OOC(=O)c1ccccc1OC. The third kappa shape index (κ3) is 5.45. The summed E-state index contributed by atoms with van der Waals surface area (Å²) >= 11 is 0. The number of hydrogen-bond donors (Lipinski definition) is 0. The lowest BCUT2D eigenvalue weighted by atomic mass is 10.2. The standard InChI is InChI=1S/C20H20O8/c1-13(2)20(27-25-18(21)14-9-5-7-11-16(14)23-3)28-26-19(22)15-10-6-8-12-17(15)24-4/h5-13H,1H2,2-4H3. The number of ether oxygens (including phenoxy) is 2. The molecule has 148 valence electrons. The molecule has 0 fully saturated rings. The summed E-state index contributed by atoms with van der Waals surface area (Å²) in [5.41, 5.74) is 0.291. The fraction of sp³-hybridized carbons (Fsp3) is 0.200. The van der Waals surface area contributed by atoms with Crippen LogP contribution in [0.25, 0.3) is 0 Å². The summed E-state index contributed by atoms with van der Waals surface area (Å²) in [6, 6.07) is 12.9. The van der Waals surface area contributed by atoms with Crippen LogP contribution < -0.4 is 9.47 Å². The van der Waals surface area contributed by atoms with Crippen LogP contribution in [0.2, 0.25) is 0 Å². The van der Waals surface area contributed by atoms with Crippen molar-refractivity contribution in [1.82, 2.24) is 0 Å². The van der Waals surface area contributed by atoms with E-state index in [4.69, 9.17) is 29.0 Å². The molecule has 8 heteroatoms. The molecule has 0 bridgehead atoms. The second kappa shape index (κ2) is 10.3. The van der Waals surface area contributed by atoms with Crippen LogP contribution in [0.1, 0.15) is 27.6 Å². The number of carbonyl (C=O) groups is 2. The van der Waals surface area contributed by atoms with Crippen molar-refractivity contribution >= 4 is 11.9 Å². The molecule has 0 saturated heterocycles. The third-order valence-corrected chi connectivity index (χ3v) is 3.46. The van der Waals surface area contributed by atoms with E-state index < -0.39 is 17.9 Å². The lowest BCUT2D eigenvalue weighted by Gasteiger charge is -2.16. The van der Waals surface area contributed by atoms with Gasteiger partial charge in [0.15, 0.2) is 0 Å². The summed E-state index contributed by atoms with van der Waals surface area (Å²) in [5.74, 6) is -1.66. The minimum Gasteiger partial charge on any atom is -0.496 e. The monoisotopic (exact) mass is 388 g/mol. The van der Waals surface area contributed by atoms with Gasteiger partial charge in [-0.1, -0.05) is 31.2 Å². The molecule has 0 aromatic heterocycles. The maximum absolute atomic E-state index is 12.2. The maximum Gasteiger partial charge on any atom is 0.376 e. The predicted octanol–water partition coefficient (Wildman–Crippen LogP) is 3.54. The highest BCUT2D eigenvalue weighted by Gasteiger charge is 2.26. The Balaban J connectivity index is 1.96. The minimum atomic E-state index is -0.824. The average Bonchev–Trinajstić information content (AvgIpc) is 2.72. The van der Waals surface area contributed by atoms with Crippen LogP contribution in [0, 0.1) is 19.1 Å². The van der Waals surface area contributed by atoms with E-state index in [1.165, 1.54) is 26.4 Å². The third-order valence-electron chi connectivity index (χ3n) is 3.46. The molecule has 0 spiro atoms. The molecule has 0 N–H and O–H groups in total. The lowest BCUT2D eigenvalue weighted by molar-refractivity contribution is -0.369. The van der Waals surface area contributed by atoms with Gasteiger partial charge < -0.3 is 9.47 Å². The van der Waals surface area contributed by atoms with E-state index >= 15 is 0 Å². The van der Waals surface area contributed by atoms with E-state index in [1.54, 1.807) is 43.3 Å². The molecular weight excluding hydrogens is 368 g/mol. The fourth-order valence-electron chi connectivity index (χ4n) is 2.05. The Hall–Kier alpha value is -3.10. The van der Waals surface area contributed by atoms with Crippen molar-refractivity contribution in [2.24, 2.45) is 5.92 Å². The lowest BCUT2D eigenvalue weighted by Crippen LogP contribution is -2.20. The van der Waals surface area contributed by atoms with Crippen molar-refractivity contribution in [3.8, 4) is 11.5 Å². The summed E-state index contributed by atoms with van der Waals surface area (Å²) in [4.78, 5) is 43.5. The van der Waals surface area contributed by atoms with E-state index in [0.717, 1.165) is 0 Å². The highest BCUT2D eigenvalue weighted by atomic mass is 17.3. The van der Waals surface area contributed by atoms with Crippen LogP contribution in [0.3, 0.4) is 0 Å². The Labute approximate surface area is 162 Å². The number of methoxy groups -OCH3 is 2. The van der Waals surface area contributed by atoms with E-state index in [9.17, 15) is 9.59 Å². The Morgan fingerprint density at radius 2 is 1.14 bits per heavy atom. The van der Waals surface area contributed by atoms with Crippen LogP contribution in [-0.2, 0) is 19.6 Å². The Morgan fingerprint density at radius 1 is 0.750 bits per heavy atom. The summed E-state index contributed by atoms with van der Waals surface area (Å²) in [6.07, 6.45) is -0.327. The van der Waals surface area contributed by atoms with E-state index in [2.05, 4.69) is 6.92 Å². The van der Waals surface area contributed by atoms with E-state index in [0.29, 0.717) is 11.5 Å². The molecular formula is C20H20O8. The number of rotatable bonds is 9. The topological polar surface area (TPSA) is 89.5 Å². The zero-order chi connectivity index (χ0) is 20.5. The molecule has 8 nitrogen and oxygen atoms in total. The molecule has 0 heterocycles. The first-order valence-corrected chi connectivity index (χ1v) is 8.21. The first kappa shape index (κ1) is 21.2. The van der Waals surface area contributed by atoms with Crippen LogP contribution in [-0.4, -0.2) is 26.2 Å². The summed E-state index contributed by atoms with van der Waals surface area (Å²) in [6.45, 7) is 5.28. The molecule has 0 saturated carbocycles. The van der Waals surface area contributed by atoms with Gasteiger partial charge in [0.1, 0.15) is 22.6 Å². The van der Waals surface area contributed by atoms with Crippen molar-refractivity contribution in [2.75, 3.05) is 14.2 Å². The van der Waals surface area contributed by atoms with Crippen molar-refractivity contribution in [3.63, 3.8) is 0 Å². The minimum absolute atomic E-state index is 0.145. The van der Waals surface area contributed by atoms with Gasteiger partial charge in [-0.25, -0.2) is 9.59 Å². The zero-order valence-corrected chi connectivity index (χ0v) is 15.7. The van der Waals surface area contributed by atoms with E-state index in [1.807, 2.05) is 0 Å². The summed E-state index contributed by atoms with van der Waals surface area (Å²) in [7, 11) is 2.84. The van der Waals surface area contributed by atoms with Gasteiger partial charge in [0, 0.05) is 5.92 Å². The van der Waals surface area contributed by atoms with Gasteiger partial charge in [-0.2, -0.15) is 0 Å². The fourth-order valence-corrected chi connectivity index (χ4v) is 2.05. The normalized spacial score (nSPS) is 10.6. The zero-order valence-electron chi connectivity index (χ0n) is 15.7. The number of hydrogen-bond acceptors (Lipinski definition) is 8. The molecule has 28 heavy (non-hydrogen) atoms. The average molecular weight is 388 g/mol. The number of benzene rings is 2. The molecule has 2 rings (SSSR count). The molecule has 2 aromatic carbocycles. The number of carbonyl (C=O) groups excluding carboxylic acids is 2. The smallest absolute Gasteiger partial charge is 0.376 e. The molecule has 2 radical (unpaired) electrons. The second-order valence-corrected chi connectivity index (χ2v) is 5.53. The van der Waals surface area contributed by atoms with Crippen molar-refractivity contribution < 1.29 is 38.6 Å². The Kier molecular flexibility index (Phi) is 7.79. The van der Waals surface area contributed by atoms with E-state index in [-0.39, 0.29) is 17.4 Å². The quantitative estimate of drug-likeness (QED) is 0.476. The van der Waals surface area contributed by atoms with Crippen LogP contribution in [0.15, 0.2) is 48.5 Å². The van der Waals surface area contributed by atoms with Gasteiger partial charge in [0.2, 0.25) is 0 Å². The van der Waals surface area contributed by atoms with Crippen LogP contribution in [0.5, 0.6) is 11.5 Å². The molecule has 0 aliphatic rings. The van der Waals surface area contributed by atoms with Gasteiger partial charge in [-0.3, -0.25) is 9.78 Å².